The molecule has 4 rings (SSSR count). The molecule has 0 radical (unpaired) electrons. The number of aromatic hydroxyl groups is 1. The monoisotopic (exact) mass is 382 g/mol. The van der Waals surface area contributed by atoms with E-state index in [2.05, 4.69) is 33.7 Å². The number of hydrogen-bond donors (Lipinski definition) is 3. The van der Waals surface area contributed by atoms with Gasteiger partial charge in [-0.15, -0.1) is 0 Å². The Morgan fingerprint density at radius 1 is 1.29 bits per heavy atom. The van der Waals surface area contributed by atoms with Crippen molar-refractivity contribution in [2.75, 3.05) is 6.54 Å². The lowest BCUT2D eigenvalue weighted by Gasteiger charge is -2.25. The largest absolute Gasteiger partial charge is 0.508 e. The lowest BCUT2D eigenvalue weighted by molar-refractivity contribution is 0.392. The maximum Gasteiger partial charge on any atom is 0.191 e. The SMILES string of the molecule is CCNC(=NCc1c(O)ccc2c1CCCC2)NC1CCc2nc(C)nn2C1. The van der Waals surface area contributed by atoms with Gasteiger partial charge in [0.05, 0.1) is 13.1 Å². The molecule has 1 aliphatic carbocycles. The topological polar surface area (TPSA) is 87.4 Å². The van der Waals surface area contributed by atoms with Crippen LogP contribution in [0, 0.1) is 6.92 Å². The number of nitrogens with zero attached hydrogens (tertiary/aromatic N) is 4. The predicted octanol–water partition coefficient (Wildman–Crippen LogP) is 2.24. The van der Waals surface area contributed by atoms with Crippen LogP contribution in [0.4, 0.5) is 0 Å². The maximum atomic E-state index is 10.4. The highest BCUT2D eigenvalue weighted by Crippen LogP contribution is 2.31. The highest BCUT2D eigenvalue weighted by atomic mass is 16.3. The van der Waals surface area contributed by atoms with Gasteiger partial charge in [-0.1, -0.05) is 6.07 Å². The number of fused-ring (bicyclic) bond motifs is 2. The Morgan fingerprint density at radius 3 is 3.00 bits per heavy atom. The van der Waals surface area contributed by atoms with Crippen molar-refractivity contribution in [3.63, 3.8) is 0 Å². The highest BCUT2D eigenvalue weighted by Gasteiger charge is 2.22. The first-order valence-corrected chi connectivity index (χ1v) is 10.4. The second kappa shape index (κ2) is 8.20. The van der Waals surface area contributed by atoms with Crippen LogP contribution in [0.5, 0.6) is 5.75 Å². The van der Waals surface area contributed by atoms with Gasteiger partial charge in [-0.2, -0.15) is 5.10 Å². The van der Waals surface area contributed by atoms with Gasteiger partial charge in [0.15, 0.2) is 5.96 Å². The zero-order valence-electron chi connectivity index (χ0n) is 16.8. The fraction of sp³-hybridized carbons (Fsp3) is 0.571. The Bertz CT molecular complexity index is 872. The van der Waals surface area contributed by atoms with Gasteiger partial charge in [-0.3, -0.25) is 0 Å². The first kappa shape index (κ1) is 18.8. The normalized spacial score (nSPS) is 19.1. The molecule has 1 atom stereocenters. The van der Waals surface area contributed by atoms with Crippen LogP contribution in [-0.4, -0.2) is 38.4 Å². The van der Waals surface area contributed by atoms with E-state index in [1.54, 1.807) is 0 Å². The summed E-state index contributed by atoms with van der Waals surface area (Å²) in [6.07, 6.45) is 6.49. The van der Waals surface area contributed by atoms with Gasteiger partial charge < -0.3 is 15.7 Å². The molecule has 28 heavy (non-hydrogen) atoms. The van der Waals surface area contributed by atoms with Gasteiger partial charge >= 0.3 is 0 Å². The van der Waals surface area contributed by atoms with Crippen molar-refractivity contribution < 1.29 is 5.11 Å². The van der Waals surface area contributed by atoms with Crippen LogP contribution < -0.4 is 10.6 Å². The van der Waals surface area contributed by atoms with Crippen molar-refractivity contribution in [3.8, 4) is 5.75 Å². The summed E-state index contributed by atoms with van der Waals surface area (Å²) in [4.78, 5) is 9.28. The first-order chi connectivity index (χ1) is 13.6. The van der Waals surface area contributed by atoms with Crippen molar-refractivity contribution in [2.45, 2.75) is 71.5 Å². The molecule has 150 valence electrons. The van der Waals surface area contributed by atoms with Crippen molar-refractivity contribution in [1.82, 2.24) is 25.4 Å². The zero-order chi connectivity index (χ0) is 19.5. The molecule has 0 saturated heterocycles. The number of aryl methyl sites for hydroxylation is 3. The van der Waals surface area contributed by atoms with Crippen LogP contribution in [-0.2, 0) is 32.4 Å². The highest BCUT2D eigenvalue weighted by molar-refractivity contribution is 5.80. The van der Waals surface area contributed by atoms with E-state index in [9.17, 15) is 5.11 Å². The lowest BCUT2D eigenvalue weighted by atomic mass is 9.88. The Labute approximate surface area is 166 Å². The summed E-state index contributed by atoms with van der Waals surface area (Å²) in [6, 6.07) is 4.16. The number of phenolic OH excluding ortho intramolecular Hbond substituents is 1. The van der Waals surface area contributed by atoms with Gasteiger partial charge in [0.1, 0.15) is 17.4 Å². The fourth-order valence-electron chi connectivity index (χ4n) is 4.29. The minimum Gasteiger partial charge on any atom is -0.508 e. The minimum atomic E-state index is 0.268. The molecule has 2 aliphatic rings. The van der Waals surface area contributed by atoms with E-state index >= 15 is 0 Å². The van der Waals surface area contributed by atoms with Crippen LogP contribution >= 0.6 is 0 Å². The van der Waals surface area contributed by atoms with E-state index in [1.165, 1.54) is 24.0 Å². The van der Waals surface area contributed by atoms with E-state index in [0.717, 1.165) is 61.9 Å². The number of hydrogen-bond acceptors (Lipinski definition) is 4. The zero-order valence-corrected chi connectivity index (χ0v) is 16.8. The van der Waals surface area contributed by atoms with Crippen LogP contribution in [0.3, 0.4) is 0 Å². The summed E-state index contributed by atoms with van der Waals surface area (Å²) in [7, 11) is 0. The van der Waals surface area contributed by atoms with E-state index in [-0.39, 0.29) is 6.04 Å². The average Bonchev–Trinajstić information content (AvgIpc) is 3.06. The number of aliphatic imine (C=N–C) groups is 1. The average molecular weight is 383 g/mol. The molecule has 1 aromatic carbocycles. The molecule has 0 fully saturated rings. The number of aromatic nitrogens is 3. The summed E-state index contributed by atoms with van der Waals surface area (Å²) >= 11 is 0. The molecule has 1 aliphatic heterocycles. The Kier molecular flexibility index (Phi) is 5.50. The maximum absolute atomic E-state index is 10.4. The molecule has 0 bridgehead atoms. The van der Waals surface area contributed by atoms with Gasteiger partial charge in [-0.05, 0) is 63.1 Å². The molecular weight excluding hydrogens is 352 g/mol. The molecule has 0 spiro atoms. The first-order valence-electron chi connectivity index (χ1n) is 10.4. The minimum absolute atomic E-state index is 0.268. The predicted molar refractivity (Wildman–Crippen MR) is 110 cm³/mol. The number of rotatable bonds is 4. The number of guanidine groups is 1. The molecule has 3 N–H and O–H groups in total. The fourth-order valence-corrected chi connectivity index (χ4v) is 4.29. The van der Waals surface area contributed by atoms with Gasteiger partial charge in [0.25, 0.3) is 0 Å². The number of phenols is 1. The van der Waals surface area contributed by atoms with Crippen LogP contribution in [0.25, 0.3) is 0 Å². The van der Waals surface area contributed by atoms with Gasteiger partial charge in [-0.25, -0.2) is 14.7 Å². The standard InChI is InChI=1S/C21H30N6O/c1-3-22-21(25-16-9-11-20-24-14(2)26-27(20)13-16)23-12-18-17-7-5-4-6-15(17)8-10-19(18)28/h8,10,16,28H,3-7,9,11-13H2,1-2H3,(H2,22,23,25). The van der Waals surface area contributed by atoms with Crippen molar-refractivity contribution in [3.05, 3.63) is 40.5 Å². The second-order valence-electron chi connectivity index (χ2n) is 7.74. The lowest BCUT2D eigenvalue weighted by Crippen LogP contribution is -2.47. The van der Waals surface area contributed by atoms with E-state index in [0.29, 0.717) is 12.3 Å². The van der Waals surface area contributed by atoms with Gasteiger partial charge in [0.2, 0.25) is 0 Å². The third-order valence-electron chi connectivity index (χ3n) is 5.67. The summed E-state index contributed by atoms with van der Waals surface area (Å²) in [5.41, 5.74) is 3.65. The molecule has 0 amide bonds. The van der Waals surface area contributed by atoms with Crippen molar-refractivity contribution in [2.24, 2.45) is 4.99 Å². The third-order valence-corrected chi connectivity index (χ3v) is 5.67. The van der Waals surface area contributed by atoms with Gasteiger partial charge in [0, 0.05) is 24.6 Å². The third kappa shape index (κ3) is 3.98. The molecular formula is C21H30N6O. The number of benzene rings is 1. The molecule has 1 unspecified atom stereocenters. The molecule has 7 nitrogen and oxygen atoms in total. The molecule has 2 aromatic rings. The second-order valence-corrected chi connectivity index (χ2v) is 7.74. The summed E-state index contributed by atoms with van der Waals surface area (Å²) in [5.74, 6) is 3.06. The van der Waals surface area contributed by atoms with Crippen LogP contribution in [0.15, 0.2) is 17.1 Å². The number of nitrogens with one attached hydrogen (secondary N) is 2. The van der Waals surface area contributed by atoms with E-state index < -0.39 is 0 Å². The smallest absolute Gasteiger partial charge is 0.191 e. The summed E-state index contributed by atoms with van der Waals surface area (Å²) in [6.45, 7) is 6.09. The van der Waals surface area contributed by atoms with Crippen LogP contribution in [0.2, 0.25) is 0 Å². The molecule has 7 heteroatoms. The van der Waals surface area contributed by atoms with Crippen molar-refractivity contribution in [1.29, 1.82) is 0 Å². The van der Waals surface area contributed by atoms with E-state index in [4.69, 9.17) is 4.99 Å². The van der Waals surface area contributed by atoms with Crippen LogP contribution in [0.1, 0.15) is 54.5 Å². The molecule has 0 saturated carbocycles. The Hall–Kier alpha value is -2.57. The molecule has 2 heterocycles. The Morgan fingerprint density at radius 2 is 2.14 bits per heavy atom. The summed E-state index contributed by atoms with van der Waals surface area (Å²) in [5, 5.41) is 21.8. The Balaban J connectivity index is 1.49. The van der Waals surface area contributed by atoms with Crippen molar-refractivity contribution >= 4 is 5.96 Å². The molecule has 1 aromatic heterocycles. The quantitative estimate of drug-likeness (QED) is 0.558. The van der Waals surface area contributed by atoms with E-state index in [1.807, 2.05) is 17.7 Å². The summed E-state index contributed by atoms with van der Waals surface area (Å²) < 4.78 is 2.00.